The number of rotatable bonds is 8. The summed E-state index contributed by atoms with van der Waals surface area (Å²) in [5.41, 5.74) is 1.42. The van der Waals surface area contributed by atoms with Crippen LogP contribution < -0.4 is 10.1 Å². The van der Waals surface area contributed by atoms with Crippen LogP contribution in [0.15, 0.2) is 78.0 Å². The van der Waals surface area contributed by atoms with Crippen molar-refractivity contribution in [1.82, 2.24) is 0 Å². The molecule has 0 spiro atoms. The van der Waals surface area contributed by atoms with E-state index in [0.717, 1.165) is 11.3 Å². The van der Waals surface area contributed by atoms with Crippen molar-refractivity contribution in [2.24, 2.45) is 5.16 Å². The lowest BCUT2D eigenvalue weighted by Gasteiger charge is -2.07. The van der Waals surface area contributed by atoms with Gasteiger partial charge in [0.25, 0.3) is 0 Å². The predicted molar refractivity (Wildman–Crippen MR) is 116 cm³/mol. The van der Waals surface area contributed by atoms with Gasteiger partial charge in [0.2, 0.25) is 5.91 Å². The highest BCUT2D eigenvalue weighted by atomic mass is 35.5. The Bertz CT molecular complexity index is 977. The first kappa shape index (κ1) is 20.7. The number of para-hydroxylation sites is 1. The van der Waals surface area contributed by atoms with Crippen LogP contribution in [-0.4, -0.2) is 12.1 Å². The van der Waals surface area contributed by atoms with Crippen LogP contribution >= 0.6 is 23.2 Å². The third-order valence-electron chi connectivity index (χ3n) is 3.78. The molecule has 5 nitrogen and oxygen atoms in total. The summed E-state index contributed by atoms with van der Waals surface area (Å²) < 4.78 is 5.71. The van der Waals surface area contributed by atoms with E-state index in [4.69, 9.17) is 32.8 Å². The van der Waals surface area contributed by atoms with Gasteiger partial charge in [-0.1, -0.05) is 52.6 Å². The standard InChI is InChI=1S/C22H18Cl2N2O3/c23-17-7-6-16(21(24)14-17)15-28-25-13-12-22(27)26-18-8-10-20(11-9-18)29-19-4-2-1-3-5-19/h1-11,13-14H,12,15H2,(H,26,27)/b25-13+. The third kappa shape index (κ3) is 6.82. The molecule has 0 aliphatic carbocycles. The van der Waals surface area contributed by atoms with Crippen LogP contribution in [0.25, 0.3) is 0 Å². The number of ether oxygens (including phenoxy) is 1. The molecule has 148 valence electrons. The van der Waals surface area contributed by atoms with Gasteiger partial charge >= 0.3 is 0 Å². The Balaban J connectivity index is 1.41. The molecule has 0 aromatic heterocycles. The molecule has 0 aliphatic heterocycles. The van der Waals surface area contributed by atoms with Crippen molar-refractivity contribution < 1.29 is 14.4 Å². The number of carbonyl (C=O) groups is 1. The van der Waals surface area contributed by atoms with Crippen molar-refractivity contribution in [2.75, 3.05) is 5.32 Å². The van der Waals surface area contributed by atoms with Gasteiger partial charge < -0.3 is 14.9 Å². The Morgan fingerprint density at radius 2 is 1.69 bits per heavy atom. The summed E-state index contributed by atoms with van der Waals surface area (Å²) in [6.07, 6.45) is 1.47. The van der Waals surface area contributed by atoms with Gasteiger partial charge in [0.1, 0.15) is 18.1 Å². The summed E-state index contributed by atoms with van der Waals surface area (Å²) in [6.45, 7) is 0.191. The van der Waals surface area contributed by atoms with Crippen molar-refractivity contribution >= 4 is 41.0 Å². The number of amides is 1. The van der Waals surface area contributed by atoms with Crippen LogP contribution in [0.2, 0.25) is 10.0 Å². The topological polar surface area (TPSA) is 59.9 Å². The summed E-state index contributed by atoms with van der Waals surface area (Å²) in [4.78, 5) is 17.1. The third-order valence-corrected chi connectivity index (χ3v) is 4.36. The highest BCUT2D eigenvalue weighted by Gasteiger charge is 2.03. The van der Waals surface area contributed by atoms with Gasteiger partial charge in [0.15, 0.2) is 0 Å². The summed E-state index contributed by atoms with van der Waals surface area (Å²) in [5.74, 6) is 1.23. The monoisotopic (exact) mass is 428 g/mol. The maximum absolute atomic E-state index is 12.0. The summed E-state index contributed by atoms with van der Waals surface area (Å²) >= 11 is 11.9. The van der Waals surface area contributed by atoms with E-state index in [1.165, 1.54) is 6.21 Å². The van der Waals surface area contributed by atoms with Gasteiger partial charge in [0.05, 0.1) is 12.6 Å². The number of hydrogen-bond donors (Lipinski definition) is 1. The average Bonchev–Trinajstić information content (AvgIpc) is 2.71. The van der Waals surface area contributed by atoms with Crippen molar-refractivity contribution in [3.05, 3.63) is 88.4 Å². The molecule has 7 heteroatoms. The number of oxime groups is 1. The van der Waals surface area contributed by atoms with Gasteiger partial charge in [-0.15, -0.1) is 0 Å². The van der Waals surface area contributed by atoms with Gasteiger partial charge in [-0.25, -0.2) is 0 Å². The molecule has 0 unspecified atom stereocenters. The van der Waals surface area contributed by atoms with Crippen LogP contribution in [0.1, 0.15) is 12.0 Å². The second kappa shape index (κ2) is 10.5. The van der Waals surface area contributed by atoms with E-state index < -0.39 is 0 Å². The molecule has 0 heterocycles. The van der Waals surface area contributed by atoms with Crippen LogP contribution in [0.3, 0.4) is 0 Å². The molecule has 0 bridgehead atoms. The SMILES string of the molecule is O=C(C/C=N/OCc1ccc(Cl)cc1Cl)Nc1ccc(Oc2ccccc2)cc1. The zero-order valence-corrected chi connectivity index (χ0v) is 16.9. The van der Waals surface area contributed by atoms with Crippen LogP contribution in [0.5, 0.6) is 11.5 Å². The number of hydrogen-bond acceptors (Lipinski definition) is 4. The Morgan fingerprint density at radius 3 is 2.41 bits per heavy atom. The molecule has 1 amide bonds. The number of anilines is 1. The van der Waals surface area contributed by atoms with Crippen LogP contribution in [0, 0.1) is 0 Å². The highest BCUT2D eigenvalue weighted by Crippen LogP contribution is 2.23. The van der Waals surface area contributed by atoms with E-state index in [9.17, 15) is 4.79 Å². The van der Waals surface area contributed by atoms with E-state index in [2.05, 4.69) is 10.5 Å². The summed E-state index contributed by atoms with van der Waals surface area (Å²) in [6, 6.07) is 21.7. The molecule has 3 aromatic carbocycles. The molecule has 0 saturated heterocycles. The molecule has 0 radical (unpaired) electrons. The molecule has 3 rings (SSSR count). The van der Waals surface area contributed by atoms with Crippen molar-refractivity contribution in [3.63, 3.8) is 0 Å². The Hall–Kier alpha value is -3.02. The molecule has 0 saturated carbocycles. The zero-order valence-electron chi connectivity index (χ0n) is 15.3. The molecular weight excluding hydrogens is 411 g/mol. The first-order valence-electron chi connectivity index (χ1n) is 8.81. The molecule has 1 N–H and O–H groups in total. The average molecular weight is 429 g/mol. The van der Waals surface area contributed by atoms with E-state index in [0.29, 0.717) is 21.5 Å². The normalized spacial score (nSPS) is 10.7. The van der Waals surface area contributed by atoms with Gasteiger partial charge in [-0.05, 0) is 48.5 Å². The zero-order chi connectivity index (χ0) is 20.5. The van der Waals surface area contributed by atoms with Crippen molar-refractivity contribution in [2.45, 2.75) is 13.0 Å². The number of benzene rings is 3. The fraction of sp³-hybridized carbons (Fsp3) is 0.0909. The Kier molecular flexibility index (Phi) is 7.50. The maximum Gasteiger partial charge on any atom is 0.229 e. The molecular formula is C22H18Cl2N2O3. The number of nitrogens with zero attached hydrogens (tertiary/aromatic N) is 1. The fourth-order valence-electron chi connectivity index (χ4n) is 2.36. The van der Waals surface area contributed by atoms with Gasteiger partial charge in [0, 0.05) is 21.3 Å². The van der Waals surface area contributed by atoms with Gasteiger partial charge in [-0.2, -0.15) is 0 Å². The lowest BCUT2D eigenvalue weighted by Crippen LogP contribution is -2.11. The van der Waals surface area contributed by atoms with E-state index in [1.54, 1.807) is 42.5 Å². The molecule has 0 fully saturated rings. The van der Waals surface area contributed by atoms with Crippen LogP contribution in [-0.2, 0) is 16.2 Å². The first-order valence-corrected chi connectivity index (χ1v) is 9.56. The maximum atomic E-state index is 12.0. The minimum atomic E-state index is -0.210. The van der Waals surface area contributed by atoms with Crippen LogP contribution in [0.4, 0.5) is 5.69 Å². The lowest BCUT2D eigenvalue weighted by molar-refractivity contribution is -0.115. The Labute approximate surface area is 178 Å². The highest BCUT2D eigenvalue weighted by molar-refractivity contribution is 6.35. The first-order chi connectivity index (χ1) is 14.1. The minimum Gasteiger partial charge on any atom is -0.457 e. The number of nitrogens with one attached hydrogen (secondary N) is 1. The minimum absolute atomic E-state index is 0.0800. The van der Waals surface area contributed by atoms with E-state index in [1.807, 2.05) is 30.3 Å². The molecule has 0 atom stereocenters. The van der Waals surface area contributed by atoms with Crippen molar-refractivity contribution in [1.29, 1.82) is 0 Å². The largest absolute Gasteiger partial charge is 0.457 e. The Morgan fingerprint density at radius 1 is 0.966 bits per heavy atom. The number of carbonyl (C=O) groups excluding carboxylic acids is 1. The lowest BCUT2D eigenvalue weighted by atomic mass is 10.2. The van der Waals surface area contributed by atoms with E-state index >= 15 is 0 Å². The predicted octanol–water partition coefficient (Wildman–Crippen LogP) is 6.32. The smallest absolute Gasteiger partial charge is 0.229 e. The molecule has 29 heavy (non-hydrogen) atoms. The van der Waals surface area contributed by atoms with Crippen molar-refractivity contribution in [3.8, 4) is 11.5 Å². The number of halogens is 2. The van der Waals surface area contributed by atoms with Gasteiger partial charge in [-0.3, -0.25) is 4.79 Å². The second-order valence-electron chi connectivity index (χ2n) is 5.99. The molecule has 0 aliphatic rings. The van der Waals surface area contributed by atoms with E-state index in [-0.39, 0.29) is 18.9 Å². The second-order valence-corrected chi connectivity index (χ2v) is 6.83. The summed E-state index contributed by atoms with van der Waals surface area (Å²) in [5, 5.41) is 7.61. The summed E-state index contributed by atoms with van der Waals surface area (Å²) in [7, 11) is 0. The quantitative estimate of drug-likeness (QED) is 0.337. The fourth-order valence-corrected chi connectivity index (χ4v) is 2.82. The molecule has 3 aromatic rings.